The van der Waals surface area contributed by atoms with Crippen molar-refractivity contribution in [3.05, 3.63) is 23.8 Å². The van der Waals surface area contributed by atoms with E-state index < -0.39 is 11.6 Å². The minimum atomic E-state index is -0.621. The van der Waals surface area contributed by atoms with Crippen molar-refractivity contribution in [3.63, 3.8) is 0 Å². The van der Waals surface area contributed by atoms with E-state index in [1.54, 1.807) is 0 Å². The van der Waals surface area contributed by atoms with Crippen LogP contribution in [0.3, 0.4) is 0 Å². The molecule has 0 saturated heterocycles. The summed E-state index contributed by atoms with van der Waals surface area (Å²) in [6.07, 6.45) is 1.95. The van der Waals surface area contributed by atoms with Crippen LogP contribution in [0.2, 0.25) is 0 Å². The summed E-state index contributed by atoms with van der Waals surface area (Å²) in [6, 6.07) is 2.47. The third-order valence-electron chi connectivity index (χ3n) is 1.99. The number of nitrogens with one attached hydrogen (secondary N) is 1. The molecule has 3 N–H and O–H groups in total. The van der Waals surface area contributed by atoms with E-state index in [9.17, 15) is 8.78 Å². The molecule has 0 aromatic heterocycles. The number of benzene rings is 1. The summed E-state index contributed by atoms with van der Waals surface area (Å²) in [5.41, 5.74) is 5.32. The third kappa shape index (κ3) is 1.71. The molecule has 1 fully saturated rings. The Morgan fingerprint density at radius 2 is 1.77 bits per heavy atom. The van der Waals surface area contributed by atoms with Crippen molar-refractivity contribution >= 4 is 11.4 Å². The number of rotatable bonds is 2. The fraction of sp³-hybridized carbons (Fsp3) is 0.333. The first-order chi connectivity index (χ1) is 6.16. The molecule has 1 aromatic rings. The van der Waals surface area contributed by atoms with Gasteiger partial charge in [0.2, 0.25) is 0 Å². The van der Waals surface area contributed by atoms with Gasteiger partial charge in [-0.1, -0.05) is 0 Å². The van der Waals surface area contributed by atoms with Gasteiger partial charge in [0.25, 0.3) is 0 Å². The molecule has 1 aliphatic carbocycles. The van der Waals surface area contributed by atoms with Crippen LogP contribution in [0.25, 0.3) is 0 Å². The Bertz CT molecular complexity index is 311. The van der Waals surface area contributed by atoms with Gasteiger partial charge in [-0.2, -0.15) is 0 Å². The van der Waals surface area contributed by atoms with Crippen LogP contribution in [0.1, 0.15) is 12.8 Å². The molecule has 70 valence electrons. The summed E-state index contributed by atoms with van der Waals surface area (Å²) in [6.45, 7) is 0. The lowest BCUT2D eigenvalue weighted by Crippen LogP contribution is -2.06. The lowest BCUT2D eigenvalue weighted by Gasteiger charge is -2.07. The van der Waals surface area contributed by atoms with Crippen molar-refractivity contribution in [3.8, 4) is 0 Å². The third-order valence-corrected chi connectivity index (χ3v) is 1.99. The van der Waals surface area contributed by atoms with Crippen molar-refractivity contribution in [2.75, 3.05) is 11.1 Å². The van der Waals surface area contributed by atoms with Gasteiger partial charge in [0.05, 0.1) is 0 Å². The van der Waals surface area contributed by atoms with Gasteiger partial charge in [0.15, 0.2) is 11.6 Å². The number of nitrogen functional groups attached to an aromatic ring is 1. The van der Waals surface area contributed by atoms with Gasteiger partial charge in [0.1, 0.15) is 5.69 Å². The molecule has 1 aliphatic rings. The Labute approximate surface area is 74.7 Å². The maximum Gasteiger partial charge on any atom is 0.151 e. The second-order valence-electron chi connectivity index (χ2n) is 3.28. The van der Waals surface area contributed by atoms with Gasteiger partial charge in [-0.25, -0.2) is 8.78 Å². The quantitative estimate of drug-likeness (QED) is 0.691. The molecule has 0 atom stereocenters. The van der Waals surface area contributed by atoms with Crippen LogP contribution < -0.4 is 11.1 Å². The van der Waals surface area contributed by atoms with Crippen molar-refractivity contribution in [2.24, 2.45) is 0 Å². The smallest absolute Gasteiger partial charge is 0.151 e. The molecule has 0 unspecified atom stereocenters. The Balaban J connectivity index is 2.31. The zero-order valence-corrected chi connectivity index (χ0v) is 6.98. The van der Waals surface area contributed by atoms with Gasteiger partial charge in [-0.15, -0.1) is 0 Å². The molecule has 4 heteroatoms. The number of nitrogens with two attached hydrogens (primary N) is 1. The highest BCUT2D eigenvalue weighted by Crippen LogP contribution is 2.29. The summed E-state index contributed by atoms with van der Waals surface area (Å²) >= 11 is 0. The van der Waals surface area contributed by atoms with E-state index in [1.807, 2.05) is 0 Å². The summed E-state index contributed by atoms with van der Waals surface area (Å²) in [7, 11) is 0. The summed E-state index contributed by atoms with van der Waals surface area (Å²) in [4.78, 5) is 0. The van der Waals surface area contributed by atoms with E-state index in [-0.39, 0.29) is 17.4 Å². The fourth-order valence-corrected chi connectivity index (χ4v) is 1.16. The summed E-state index contributed by atoms with van der Waals surface area (Å²) in [5, 5.41) is 2.77. The van der Waals surface area contributed by atoms with Gasteiger partial charge in [0, 0.05) is 11.7 Å². The molecule has 0 bridgehead atoms. The molecular weight excluding hydrogens is 174 g/mol. The molecule has 0 aliphatic heterocycles. The predicted molar refractivity (Wildman–Crippen MR) is 47.4 cm³/mol. The average Bonchev–Trinajstić information content (AvgIpc) is 2.79. The molecule has 1 aromatic carbocycles. The van der Waals surface area contributed by atoms with Gasteiger partial charge in [-0.3, -0.25) is 0 Å². The normalized spacial score (nSPS) is 15.8. The first-order valence-corrected chi connectivity index (χ1v) is 4.18. The Morgan fingerprint density at radius 1 is 1.23 bits per heavy atom. The summed E-state index contributed by atoms with van der Waals surface area (Å²) in [5.74, 6) is -1.24. The van der Waals surface area contributed by atoms with Crippen LogP contribution in [0.15, 0.2) is 12.1 Å². The van der Waals surface area contributed by atoms with Crippen LogP contribution in [0, 0.1) is 11.6 Å². The molecule has 0 heterocycles. The first-order valence-electron chi connectivity index (χ1n) is 4.18. The predicted octanol–water partition coefficient (Wildman–Crippen LogP) is 2.12. The maximum absolute atomic E-state index is 13.1. The highest BCUT2D eigenvalue weighted by atomic mass is 19.1. The standard InChI is InChI=1S/C9H10F2N2/c10-7-3-5(12)4-8(11)9(7)13-6-1-2-6/h3-4,6,13H,1-2,12H2. The molecule has 2 nitrogen and oxygen atoms in total. The largest absolute Gasteiger partial charge is 0.399 e. The van der Waals surface area contributed by atoms with Crippen LogP contribution in [-0.2, 0) is 0 Å². The summed E-state index contributed by atoms with van der Waals surface area (Å²) < 4.78 is 26.2. The van der Waals surface area contributed by atoms with Gasteiger partial charge < -0.3 is 11.1 Å². The van der Waals surface area contributed by atoms with Crippen molar-refractivity contribution in [1.29, 1.82) is 0 Å². The van der Waals surface area contributed by atoms with Gasteiger partial charge >= 0.3 is 0 Å². The van der Waals surface area contributed by atoms with Crippen molar-refractivity contribution in [2.45, 2.75) is 18.9 Å². The second kappa shape index (κ2) is 2.87. The molecule has 1 saturated carbocycles. The number of hydrogen-bond acceptors (Lipinski definition) is 2. The lowest BCUT2D eigenvalue weighted by molar-refractivity contribution is 0.589. The topological polar surface area (TPSA) is 38.0 Å². The Hall–Kier alpha value is -1.32. The maximum atomic E-state index is 13.1. The second-order valence-corrected chi connectivity index (χ2v) is 3.28. The minimum absolute atomic E-state index is 0.0586. The van der Waals surface area contributed by atoms with Crippen LogP contribution >= 0.6 is 0 Å². The Morgan fingerprint density at radius 3 is 2.23 bits per heavy atom. The average molecular weight is 184 g/mol. The van der Waals surface area contributed by atoms with Crippen molar-refractivity contribution < 1.29 is 8.78 Å². The number of halogens is 2. The monoisotopic (exact) mass is 184 g/mol. The molecule has 0 radical (unpaired) electrons. The minimum Gasteiger partial charge on any atom is -0.399 e. The first kappa shape index (κ1) is 8.29. The SMILES string of the molecule is Nc1cc(F)c(NC2CC2)c(F)c1. The van der Waals surface area contributed by atoms with E-state index in [0.29, 0.717) is 0 Å². The number of anilines is 2. The Kier molecular flexibility index (Phi) is 1.83. The van der Waals surface area contributed by atoms with E-state index in [2.05, 4.69) is 5.32 Å². The molecule has 0 amide bonds. The van der Waals surface area contributed by atoms with E-state index in [4.69, 9.17) is 5.73 Å². The highest BCUT2D eigenvalue weighted by Gasteiger charge is 2.23. The van der Waals surface area contributed by atoms with Crippen LogP contribution in [-0.4, -0.2) is 6.04 Å². The molecular formula is C9H10F2N2. The van der Waals surface area contributed by atoms with Crippen LogP contribution in [0.5, 0.6) is 0 Å². The van der Waals surface area contributed by atoms with Crippen LogP contribution in [0.4, 0.5) is 20.2 Å². The van der Waals surface area contributed by atoms with Crippen molar-refractivity contribution in [1.82, 2.24) is 0 Å². The van der Waals surface area contributed by atoms with E-state index >= 15 is 0 Å². The van der Waals surface area contributed by atoms with E-state index in [0.717, 1.165) is 25.0 Å². The molecule has 0 spiro atoms. The molecule has 13 heavy (non-hydrogen) atoms. The number of hydrogen-bond donors (Lipinski definition) is 2. The fourth-order valence-electron chi connectivity index (χ4n) is 1.16. The molecule has 2 rings (SSSR count). The lowest BCUT2D eigenvalue weighted by atomic mass is 10.2. The zero-order chi connectivity index (χ0) is 9.42. The zero-order valence-electron chi connectivity index (χ0n) is 6.98. The van der Waals surface area contributed by atoms with Gasteiger partial charge in [-0.05, 0) is 25.0 Å². The highest BCUT2D eigenvalue weighted by molar-refractivity contribution is 5.54. The van der Waals surface area contributed by atoms with E-state index in [1.165, 1.54) is 0 Å².